The number of nitro groups is 1. The van der Waals surface area contributed by atoms with E-state index in [1.807, 2.05) is 6.92 Å². The number of nitrogens with one attached hydrogen (secondary N) is 2. The summed E-state index contributed by atoms with van der Waals surface area (Å²) in [7, 11) is 0. The fourth-order valence-corrected chi connectivity index (χ4v) is 2.69. The summed E-state index contributed by atoms with van der Waals surface area (Å²) >= 11 is 0. The van der Waals surface area contributed by atoms with E-state index in [0.717, 1.165) is 0 Å². The van der Waals surface area contributed by atoms with E-state index in [9.17, 15) is 19.7 Å². The van der Waals surface area contributed by atoms with Crippen LogP contribution in [0.3, 0.4) is 0 Å². The van der Waals surface area contributed by atoms with Crippen LogP contribution >= 0.6 is 0 Å². The number of benzene rings is 1. The van der Waals surface area contributed by atoms with Crippen LogP contribution in [0.5, 0.6) is 5.75 Å². The third kappa shape index (κ3) is 5.65. The van der Waals surface area contributed by atoms with Crippen LogP contribution < -0.4 is 15.4 Å². The van der Waals surface area contributed by atoms with E-state index in [2.05, 4.69) is 25.9 Å². The summed E-state index contributed by atoms with van der Waals surface area (Å²) in [4.78, 5) is 38.4. The molecule has 0 aliphatic rings. The van der Waals surface area contributed by atoms with Gasteiger partial charge in [-0.05, 0) is 43.0 Å². The summed E-state index contributed by atoms with van der Waals surface area (Å²) in [5, 5.41) is 23.5. The quantitative estimate of drug-likeness (QED) is 0.265. The first-order chi connectivity index (χ1) is 15.4. The minimum Gasteiger partial charge on any atom is -0.494 e. The normalized spacial score (nSPS) is 10.6. The predicted molar refractivity (Wildman–Crippen MR) is 109 cm³/mol. The van der Waals surface area contributed by atoms with Crippen LogP contribution in [0.4, 0.5) is 5.82 Å². The Morgan fingerprint density at radius 2 is 1.88 bits per heavy atom. The molecular formula is C19H21N7O6. The lowest BCUT2D eigenvalue weighted by molar-refractivity contribution is -0.389. The lowest BCUT2D eigenvalue weighted by Crippen LogP contribution is -2.34. The van der Waals surface area contributed by atoms with Gasteiger partial charge in [0.1, 0.15) is 12.3 Å². The Hall–Kier alpha value is -4.29. The fourth-order valence-electron chi connectivity index (χ4n) is 2.69. The average molecular weight is 443 g/mol. The standard InChI is InChI=1S/C19H21N7O6/c1-3-31-14-6-4-13(5-7-14)17(27)20-8-9-21-18(28)19-22-15(24-32-19)11-25-12(2)10-16(23-25)26(29)30/h4-7,10H,3,8-9,11H2,1-2H3,(H,20,27)(H,21,28). The van der Waals surface area contributed by atoms with Crippen molar-refractivity contribution in [1.82, 2.24) is 30.6 Å². The van der Waals surface area contributed by atoms with E-state index in [0.29, 0.717) is 23.6 Å². The van der Waals surface area contributed by atoms with E-state index < -0.39 is 10.8 Å². The number of amides is 2. The molecule has 2 N–H and O–H groups in total. The maximum atomic E-state index is 12.1. The van der Waals surface area contributed by atoms with E-state index in [4.69, 9.17) is 9.26 Å². The molecule has 32 heavy (non-hydrogen) atoms. The van der Waals surface area contributed by atoms with Crippen molar-refractivity contribution in [3.8, 4) is 5.75 Å². The minimum absolute atomic E-state index is 0.00853. The lowest BCUT2D eigenvalue weighted by Gasteiger charge is -2.07. The van der Waals surface area contributed by atoms with Crippen LogP contribution in [0, 0.1) is 17.0 Å². The highest BCUT2D eigenvalue weighted by Crippen LogP contribution is 2.13. The van der Waals surface area contributed by atoms with Crippen molar-refractivity contribution in [3.63, 3.8) is 0 Å². The lowest BCUT2D eigenvalue weighted by atomic mass is 10.2. The number of nitrogens with zero attached hydrogens (tertiary/aromatic N) is 5. The average Bonchev–Trinajstić information content (AvgIpc) is 3.39. The first kappa shape index (κ1) is 22.4. The number of aromatic nitrogens is 4. The number of ether oxygens (including phenoxy) is 1. The van der Waals surface area contributed by atoms with Gasteiger partial charge in [-0.15, -0.1) is 0 Å². The largest absolute Gasteiger partial charge is 0.494 e. The Kier molecular flexibility index (Phi) is 7.10. The van der Waals surface area contributed by atoms with Crippen molar-refractivity contribution < 1.29 is 23.8 Å². The van der Waals surface area contributed by atoms with Crippen molar-refractivity contribution in [3.05, 3.63) is 63.4 Å². The molecule has 0 atom stereocenters. The second-order valence-corrected chi connectivity index (χ2v) is 6.54. The number of hydrogen-bond donors (Lipinski definition) is 2. The van der Waals surface area contributed by atoms with Crippen LogP contribution in [0.1, 0.15) is 39.5 Å². The maximum absolute atomic E-state index is 12.1. The van der Waals surface area contributed by atoms with Gasteiger partial charge in [-0.3, -0.25) is 9.59 Å². The molecule has 0 radical (unpaired) electrons. The van der Waals surface area contributed by atoms with Crippen LogP contribution in [0.15, 0.2) is 34.9 Å². The van der Waals surface area contributed by atoms with Gasteiger partial charge in [-0.25, -0.2) is 0 Å². The van der Waals surface area contributed by atoms with Crippen molar-refractivity contribution in [2.45, 2.75) is 20.4 Å². The van der Waals surface area contributed by atoms with Gasteiger partial charge in [-0.1, -0.05) is 5.16 Å². The molecule has 0 fully saturated rings. The van der Waals surface area contributed by atoms with Crippen molar-refractivity contribution in [1.29, 1.82) is 0 Å². The molecule has 0 aliphatic heterocycles. The van der Waals surface area contributed by atoms with E-state index >= 15 is 0 Å². The molecule has 0 bridgehead atoms. The number of hydrogen-bond acceptors (Lipinski definition) is 9. The molecule has 3 rings (SSSR count). The number of rotatable bonds is 10. The molecule has 2 amide bonds. The van der Waals surface area contributed by atoms with E-state index in [-0.39, 0.29) is 43.1 Å². The smallest absolute Gasteiger partial charge is 0.390 e. The predicted octanol–water partition coefficient (Wildman–Crippen LogP) is 1.09. The summed E-state index contributed by atoms with van der Waals surface area (Å²) in [5.74, 6) is -0.641. The van der Waals surface area contributed by atoms with E-state index in [1.165, 1.54) is 10.7 Å². The molecule has 0 aliphatic carbocycles. The zero-order valence-electron chi connectivity index (χ0n) is 17.4. The molecule has 0 unspecified atom stereocenters. The van der Waals surface area contributed by atoms with Crippen LogP contribution in [0.2, 0.25) is 0 Å². The van der Waals surface area contributed by atoms with E-state index in [1.54, 1.807) is 31.2 Å². The van der Waals surface area contributed by atoms with Gasteiger partial charge in [0, 0.05) is 18.7 Å². The fraction of sp³-hybridized carbons (Fsp3) is 0.316. The van der Waals surface area contributed by atoms with Crippen molar-refractivity contribution in [2.75, 3.05) is 19.7 Å². The molecule has 0 saturated heterocycles. The Bertz CT molecular complexity index is 1110. The monoisotopic (exact) mass is 443 g/mol. The zero-order chi connectivity index (χ0) is 23.1. The highest BCUT2D eigenvalue weighted by Gasteiger charge is 2.19. The Morgan fingerprint density at radius 3 is 2.50 bits per heavy atom. The summed E-state index contributed by atoms with van der Waals surface area (Å²) in [6, 6.07) is 8.02. The molecule has 1 aromatic carbocycles. The highest BCUT2D eigenvalue weighted by molar-refractivity contribution is 5.94. The first-order valence-electron chi connectivity index (χ1n) is 9.68. The Morgan fingerprint density at radius 1 is 1.19 bits per heavy atom. The van der Waals surface area contributed by atoms with Gasteiger partial charge in [-0.2, -0.15) is 9.67 Å². The summed E-state index contributed by atoms with van der Waals surface area (Å²) in [6.07, 6.45) is 0. The summed E-state index contributed by atoms with van der Waals surface area (Å²) in [6.45, 7) is 4.40. The van der Waals surface area contributed by atoms with Crippen LogP contribution in [-0.4, -0.2) is 56.4 Å². The van der Waals surface area contributed by atoms with Gasteiger partial charge in [0.15, 0.2) is 5.82 Å². The third-order valence-corrected chi connectivity index (χ3v) is 4.23. The van der Waals surface area contributed by atoms with Crippen molar-refractivity contribution in [2.24, 2.45) is 0 Å². The second kappa shape index (κ2) is 10.1. The number of carbonyl (C=O) groups excluding carboxylic acids is 2. The first-order valence-corrected chi connectivity index (χ1v) is 9.68. The summed E-state index contributed by atoms with van der Waals surface area (Å²) < 4.78 is 11.6. The third-order valence-electron chi connectivity index (χ3n) is 4.23. The zero-order valence-corrected chi connectivity index (χ0v) is 17.4. The van der Waals surface area contributed by atoms with Gasteiger partial charge >= 0.3 is 17.6 Å². The van der Waals surface area contributed by atoms with Gasteiger partial charge in [0.2, 0.25) is 0 Å². The minimum atomic E-state index is -0.609. The molecule has 2 heterocycles. The number of aryl methyl sites for hydroxylation is 1. The molecule has 0 saturated carbocycles. The summed E-state index contributed by atoms with van der Waals surface area (Å²) in [5.41, 5.74) is 1.01. The molecule has 0 spiro atoms. The molecule has 13 nitrogen and oxygen atoms in total. The topological polar surface area (TPSA) is 167 Å². The highest BCUT2D eigenvalue weighted by atomic mass is 16.6. The second-order valence-electron chi connectivity index (χ2n) is 6.54. The van der Waals surface area contributed by atoms with Crippen molar-refractivity contribution >= 4 is 17.6 Å². The molecule has 2 aromatic heterocycles. The SMILES string of the molecule is CCOc1ccc(C(=O)NCCNC(=O)c2nc(Cn3nc([N+](=O)[O-])cc3C)no2)cc1. The Labute approximate surface area is 181 Å². The molecule has 3 aromatic rings. The maximum Gasteiger partial charge on any atom is 0.390 e. The number of carbonyl (C=O) groups is 2. The molecular weight excluding hydrogens is 422 g/mol. The molecule has 168 valence electrons. The molecule has 13 heteroatoms. The van der Waals surface area contributed by atoms with Crippen LogP contribution in [0.25, 0.3) is 0 Å². The van der Waals surface area contributed by atoms with Crippen LogP contribution in [-0.2, 0) is 6.54 Å². The van der Waals surface area contributed by atoms with Gasteiger partial charge in [0.05, 0.1) is 23.5 Å². The van der Waals surface area contributed by atoms with Gasteiger partial charge < -0.3 is 30.0 Å². The Balaban J connectivity index is 1.45. The van der Waals surface area contributed by atoms with Gasteiger partial charge in [0.25, 0.3) is 5.91 Å².